The lowest BCUT2D eigenvalue weighted by atomic mass is 10.0. The topological polar surface area (TPSA) is 35.0 Å². The molecule has 0 unspecified atom stereocenters. The summed E-state index contributed by atoms with van der Waals surface area (Å²) < 4.78 is 18.5. The van der Waals surface area contributed by atoms with Gasteiger partial charge in [0.05, 0.1) is 6.07 Å². The van der Waals surface area contributed by atoms with Gasteiger partial charge in [-0.05, 0) is 30.0 Å². The van der Waals surface area contributed by atoms with E-state index in [2.05, 4.69) is 29.9 Å². The maximum absolute atomic E-state index is 12.9. The number of ether oxygens (including phenoxy) is 1. The summed E-state index contributed by atoms with van der Waals surface area (Å²) in [6.45, 7) is 6.16. The summed E-state index contributed by atoms with van der Waals surface area (Å²) in [6, 6.07) is 7.18. The van der Waals surface area contributed by atoms with Gasteiger partial charge in [0, 0.05) is 0 Å². The van der Waals surface area contributed by atoms with E-state index in [-0.39, 0.29) is 5.88 Å². The van der Waals surface area contributed by atoms with Crippen molar-refractivity contribution in [1.82, 2.24) is 9.97 Å². The molecule has 4 heteroatoms. The van der Waals surface area contributed by atoms with E-state index in [1.54, 1.807) is 0 Å². The van der Waals surface area contributed by atoms with Gasteiger partial charge in [0.15, 0.2) is 0 Å². The normalized spacial score (nSPS) is 10.7. The molecule has 0 saturated carbocycles. The molecule has 0 saturated heterocycles. The maximum Gasteiger partial charge on any atom is 0.225 e. The van der Waals surface area contributed by atoms with Crippen molar-refractivity contribution in [3.05, 3.63) is 47.7 Å². The van der Waals surface area contributed by atoms with Gasteiger partial charge in [-0.2, -0.15) is 4.39 Å². The predicted octanol–water partition coefficient (Wildman–Crippen LogP) is 3.84. The van der Waals surface area contributed by atoms with Crippen LogP contribution in [0.4, 0.5) is 4.39 Å². The van der Waals surface area contributed by atoms with Crippen LogP contribution in [0.15, 0.2) is 30.6 Å². The third kappa shape index (κ3) is 2.83. The van der Waals surface area contributed by atoms with E-state index in [1.165, 1.54) is 11.6 Å². The Balaban J connectivity index is 2.30. The van der Waals surface area contributed by atoms with Crippen LogP contribution in [0.25, 0.3) is 0 Å². The van der Waals surface area contributed by atoms with Gasteiger partial charge < -0.3 is 4.74 Å². The summed E-state index contributed by atoms with van der Waals surface area (Å²) >= 11 is 0. The zero-order valence-corrected chi connectivity index (χ0v) is 10.6. The van der Waals surface area contributed by atoms with Gasteiger partial charge in [-0.25, -0.2) is 9.97 Å². The number of hydrogen-bond donors (Lipinski definition) is 0. The molecular formula is C14H15FN2O. The van der Waals surface area contributed by atoms with Crippen LogP contribution < -0.4 is 4.74 Å². The quantitative estimate of drug-likeness (QED) is 0.772. The number of aromatic nitrogens is 2. The van der Waals surface area contributed by atoms with Gasteiger partial charge in [0.1, 0.15) is 12.1 Å². The highest BCUT2D eigenvalue weighted by Gasteiger charge is 2.07. The molecule has 0 bridgehead atoms. The zero-order valence-electron chi connectivity index (χ0n) is 10.6. The third-order valence-corrected chi connectivity index (χ3v) is 2.70. The highest BCUT2D eigenvalue weighted by atomic mass is 19.1. The number of nitrogens with zero attached hydrogens (tertiary/aromatic N) is 2. The molecular weight excluding hydrogens is 231 g/mol. The second-order valence-corrected chi connectivity index (χ2v) is 4.46. The van der Waals surface area contributed by atoms with Gasteiger partial charge in [-0.1, -0.05) is 26.0 Å². The maximum atomic E-state index is 12.9. The summed E-state index contributed by atoms with van der Waals surface area (Å²) in [5, 5.41) is 0. The molecule has 0 atom stereocenters. The van der Waals surface area contributed by atoms with Crippen LogP contribution in [0.3, 0.4) is 0 Å². The van der Waals surface area contributed by atoms with Crippen LogP contribution in [-0.2, 0) is 0 Å². The van der Waals surface area contributed by atoms with E-state index >= 15 is 0 Å². The van der Waals surface area contributed by atoms with Gasteiger partial charge in [-0.3, -0.25) is 0 Å². The fourth-order valence-electron chi connectivity index (χ4n) is 1.57. The SMILES string of the molecule is Cc1ccc(C(C)C)cc1Oc1cc(F)ncn1. The Labute approximate surface area is 106 Å². The lowest BCUT2D eigenvalue weighted by Gasteiger charge is -2.11. The molecule has 0 amide bonds. The average molecular weight is 246 g/mol. The molecule has 2 aromatic rings. The first-order chi connectivity index (χ1) is 8.56. The number of rotatable bonds is 3. The second-order valence-electron chi connectivity index (χ2n) is 4.46. The van der Waals surface area contributed by atoms with Gasteiger partial charge >= 0.3 is 0 Å². The minimum atomic E-state index is -0.599. The minimum absolute atomic E-state index is 0.214. The predicted molar refractivity (Wildman–Crippen MR) is 67.3 cm³/mol. The van der Waals surface area contributed by atoms with Crippen molar-refractivity contribution in [2.24, 2.45) is 0 Å². The molecule has 0 fully saturated rings. The van der Waals surface area contributed by atoms with Crippen LogP contribution in [0.1, 0.15) is 30.9 Å². The lowest BCUT2D eigenvalue weighted by molar-refractivity contribution is 0.446. The van der Waals surface area contributed by atoms with E-state index in [4.69, 9.17) is 4.74 Å². The van der Waals surface area contributed by atoms with Gasteiger partial charge in [0.25, 0.3) is 0 Å². The largest absolute Gasteiger partial charge is 0.439 e. The van der Waals surface area contributed by atoms with Crippen LogP contribution in [-0.4, -0.2) is 9.97 Å². The molecule has 0 aliphatic heterocycles. The fourth-order valence-corrected chi connectivity index (χ4v) is 1.57. The van der Waals surface area contributed by atoms with Crippen molar-refractivity contribution in [2.75, 3.05) is 0 Å². The molecule has 18 heavy (non-hydrogen) atoms. The molecule has 94 valence electrons. The van der Waals surface area contributed by atoms with Gasteiger partial charge in [-0.15, -0.1) is 0 Å². The van der Waals surface area contributed by atoms with Crippen molar-refractivity contribution in [2.45, 2.75) is 26.7 Å². The smallest absolute Gasteiger partial charge is 0.225 e. The molecule has 0 spiro atoms. The molecule has 0 radical (unpaired) electrons. The first-order valence-corrected chi connectivity index (χ1v) is 5.82. The Morgan fingerprint density at radius 1 is 1.17 bits per heavy atom. The summed E-state index contributed by atoms with van der Waals surface area (Å²) in [5.41, 5.74) is 2.16. The Bertz CT molecular complexity index is 555. The Morgan fingerprint density at radius 2 is 1.94 bits per heavy atom. The minimum Gasteiger partial charge on any atom is -0.439 e. The van der Waals surface area contributed by atoms with Crippen molar-refractivity contribution in [3.8, 4) is 11.6 Å². The fraction of sp³-hybridized carbons (Fsp3) is 0.286. The first kappa shape index (κ1) is 12.5. The molecule has 1 aromatic carbocycles. The molecule has 3 nitrogen and oxygen atoms in total. The highest BCUT2D eigenvalue weighted by molar-refractivity contribution is 5.39. The Kier molecular flexibility index (Phi) is 3.55. The summed E-state index contributed by atoms with van der Waals surface area (Å²) in [6.07, 6.45) is 1.15. The van der Waals surface area contributed by atoms with E-state index in [0.29, 0.717) is 11.7 Å². The third-order valence-electron chi connectivity index (χ3n) is 2.70. The molecule has 2 rings (SSSR count). The number of aryl methyl sites for hydroxylation is 1. The van der Waals surface area contributed by atoms with Crippen molar-refractivity contribution < 1.29 is 9.13 Å². The van der Waals surface area contributed by atoms with Crippen molar-refractivity contribution >= 4 is 0 Å². The van der Waals surface area contributed by atoms with Crippen LogP contribution in [0, 0.1) is 12.9 Å². The second kappa shape index (κ2) is 5.12. The highest BCUT2D eigenvalue weighted by Crippen LogP contribution is 2.27. The van der Waals surface area contributed by atoms with Gasteiger partial charge in [0.2, 0.25) is 11.8 Å². The van der Waals surface area contributed by atoms with E-state index in [0.717, 1.165) is 11.9 Å². The Hall–Kier alpha value is -1.97. The molecule has 0 aliphatic carbocycles. The molecule has 0 aliphatic rings. The lowest BCUT2D eigenvalue weighted by Crippen LogP contribution is -1.95. The average Bonchev–Trinajstić information content (AvgIpc) is 2.31. The summed E-state index contributed by atoms with van der Waals surface area (Å²) in [7, 11) is 0. The monoisotopic (exact) mass is 246 g/mol. The van der Waals surface area contributed by atoms with E-state index in [1.807, 2.05) is 19.1 Å². The summed E-state index contributed by atoms with van der Waals surface area (Å²) in [5.74, 6) is 0.721. The molecule has 1 heterocycles. The molecule has 1 aromatic heterocycles. The number of benzene rings is 1. The Morgan fingerprint density at radius 3 is 2.61 bits per heavy atom. The van der Waals surface area contributed by atoms with Crippen molar-refractivity contribution in [1.29, 1.82) is 0 Å². The van der Waals surface area contributed by atoms with Crippen LogP contribution >= 0.6 is 0 Å². The number of halogens is 1. The number of hydrogen-bond acceptors (Lipinski definition) is 3. The van der Waals surface area contributed by atoms with E-state index in [9.17, 15) is 4.39 Å². The van der Waals surface area contributed by atoms with Crippen molar-refractivity contribution in [3.63, 3.8) is 0 Å². The standard InChI is InChI=1S/C14H15FN2O/c1-9(2)11-5-4-10(3)12(6-11)18-14-7-13(15)16-8-17-14/h4-9H,1-3H3. The summed E-state index contributed by atoms with van der Waals surface area (Å²) in [4.78, 5) is 7.27. The van der Waals surface area contributed by atoms with E-state index < -0.39 is 5.95 Å². The van der Waals surface area contributed by atoms with Crippen LogP contribution in [0.2, 0.25) is 0 Å². The van der Waals surface area contributed by atoms with Crippen LogP contribution in [0.5, 0.6) is 11.6 Å². The zero-order chi connectivity index (χ0) is 13.1. The molecule has 0 N–H and O–H groups in total. The first-order valence-electron chi connectivity index (χ1n) is 5.82.